The first-order chi connectivity index (χ1) is 8.09. The average Bonchev–Trinajstić information content (AvgIpc) is 2.86. The third-order valence-corrected chi connectivity index (χ3v) is 3.40. The summed E-state index contributed by atoms with van der Waals surface area (Å²) in [6.45, 7) is 3.54. The second-order valence-electron chi connectivity index (χ2n) is 4.88. The highest BCUT2D eigenvalue weighted by atomic mass is 16.2. The summed E-state index contributed by atoms with van der Waals surface area (Å²) in [4.78, 5) is 15.6. The van der Waals surface area contributed by atoms with Crippen LogP contribution < -0.4 is 0 Å². The van der Waals surface area contributed by atoms with Crippen LogP contribution in [0, 0.1) is 6.92 Å². The minimum atomic E-state index is 0.161. The van der Waals surface area contributed by atoms with Crippen molar-refractivity contribution >= 4 is 5.91 Å². The highest BCUT2D eigenvalue weighted by Gasteiger charge is 2.29. The largest absolute Gasteiger partial charge is 0.348 e. The lowest BCUT2D eigenvalue weighted by atomic mass is 10.1. The molecule has 0 saturated carbocycles. The molecule has 0 unspecified atom stereocenters. The van der Waals surface area contributed by atoms with E-state index in [4.69, 9.17) is 0 Å². The third-order valence-electron chi connectivity index (χ3n) is 3.40. The van der Waals surface area contributed by atoms with Gasteiger partial charge in [-0.2, -0.15) is 5.10 Å². The molecule has 1 fully saturated rings. The van der Waals surface area contributed by atoms with Gasteiger partial charge in [-0.25, -0.2) is 0 Å². The molecule has 2 rings (SSSR count). The quantitative estimate of drug-likeness (QED) is 0.850. The van der Waals surface area contributed by atoms with Crippen molar-refractivity contribution in [3.05, 3.63) is 17.5 Å². The van der Waals surface area contributed by atoms with Gasteiger partial charge in [0.25, 0.3) is 0 Å². The molecule has 1 saturated heterocycles. The second-order valence-corrected chi connectivity index (χ2v) is 4.88. The van der Waals surface area contributed by atoms with Crippen molar-refractivity contribution in [2.75, 3.05) is 27.2 Å². The predicted octanol–water partition coefficient (Wildman–Crippen LogP) is 0.943. The molecule has 1 aliphatic heterocycles. The zero-order chi connectivity index (χ0) is 12.4. The van der Waals surface area contributed by atoms with E-state index in [2.05, 4.69) is 22.0 Å². The minimum absolute atomic E-state index is 0.161. The maximum Gasteiger partial charge on any atom is 0.236 e. The normalized spacial score (nSPS) is 20.8. The van der Waals surface area contributed by atoms with Crippen LogP contribution in [0.4, 0.5) is 0 Å². The summed E-state index contributed by atoms with van der Waals surface area (Å²) in [6.07, 6.45) is 4.09. The second kappa shape index (κ2) is 4.87. The van der Waals surface area contributed by atoms with Gasteiger partial charge in [-0.3, -0.25) is 14.8 Å². The molecule has 1 aromatic heterocycles. The van der Waals surface area contributed by atoms with Crippen LogP contribution in [-0.4, -0.2) is 53.1 Å². The van der Waals surface area contributed by atoms with E-state index in [1.165, 1.54) is 5.56 Å². The molecule has 1 atom stereocenters. The molecule has 0 spiro atoms. The Bertz CT molecular complexity index is 399. The molecule has 5 nitrogen and oxygen atoms in total. The Hall–Kier alpha value is -1.36. The summed E-state index contributed by atoms with van der Waals surface area (Å²) in [5.74, 6) is 0.161. The number of carbonyl (C=O) groups excluding carboxylic acids is 1. The van der Waals surface area contributed by atoms with Crippen LogP contribution in [-0.2, 0) is 4.79 Å². The van der Waals surface area contributed by atoms with E-state index in [1.807, 2.05) is 6.20 Å². The number of rotatable bonds is 3. The molecule has 1 aliphatic rings. The number of hydrogen-bond acceptors (Lipinski definition) is 3. The summed E-state index contributed by atoms with van der Waals surface area (Å²) < 4.78 is 0. The van der Waals surface area contributed by atoms with Crippen LogP contribution in [0.5, 0.6) is 0 Å². The Morgan fingerprint density at radius 1 is 1.65 bits per heavy atom. The molecule has 1 N–H and O–H groups in total. The van der Waals surface area contributed by atoms with Gasteiger partial charge in [-0.1, -0.05) is 0 Å². The van der Waals surface area contributed by atoms with Gasteiger partial charge in [-0.15, -0.1) is 0 Å². The average molecular weight is 236 g/mol. The first kappa shape index (κ1) is 12.1. The lowest BCUT2D eigenvalue weighted by Gasteiger charge is -2.24. The smallest absolute Gasteiger partial charge is 0.236 e. The minimum Gasteiger partial charge on any atom is -0.348 e. The lowest BCUT2D eigenvalue weighted by molar-refractivity contribution is -0.130. The van der Waals surface area contributed by atoms with Crippen molar-refractivity contribution in [3.63, 3.8) is 0 Å². The molecule has 5 heteroatoms. The zero-order valence-corrected chi connectivity index (χ0v) is 10.7. The van der Waals surface area contributed by atoms with Crippen LogP contribution in [0.15, 0.2) is 6.20 Å². The van der Waals surface area contributed by atoms with Crippen molar-refractivity contribution in [2.45, 2.75) is 25.8 Å². The number of H-pyrrole nitrogens is 1. The Kier molecular flexibility index (Phi) is 3.47. The van der Waals surface area contributed by atoms with E-state index in [-0.39, 0.29) is 5.91 Å². The lowest BCUT2D eigenvalue weighted by Crippen LogP contribution is -2.36. The fraction of sp³-hybridized carbons (Fsp3) is 0.667. The monoisotopic (exact) mass is 236 g/mol. The fourth-order valence-electron chi connectivity index (χ4n) is 2.35. The van der Waals surface area contributed by atoms with Crippen molar-refractivity contribution in [3.8, 4) is 0 Å². The molecule has 17 heavy (non-hydrogen) atoms. The summed E-state index contributed by atoms with van der Waals surface area (Å²) >= 11 is 0. The van der Waals surface area contributed by atoms with Crippen LogP contribution in [0.3, 0.4) is 0 Å². The van der Waals surface area contributed by atoms with Crippen LogP contribution in [0.2, 0.25) is 0 Å². The highest BCUT2D eigenvalue weighted by Crippen LogP contribution is 2.31. The molecule has 1 aromatic rings. The number of aromatic nitrogens is 2. The van der Waals surface area contributed by atoms with Gasteiger partial charge in [0.2, 0.25) is 5.91 Å². The van der Waals surface area contributed by atoms with Gasteiger partial charge in [0.05, 0.1) is 24.5 Å². The standard InChI is InChI=1S/C12H20N4O/c1-9-7-13-14-12(9)10-5-4-6-16(10)8-11(17)15(2)3/h7,10H,4-6,8H2,1-3H3,(H,13,14)/t10-/m0/s1. The van der Waals surface area contributed by atoms with Crippen LogP contribution in [0.25, 0.3) is 0 Å². The maximum atomic E-state index is 11.8. The first-order valence-corrected chi connectivity index (χ1v) is 6.03. The summed E-state index contributed by atoms with van der Waals surface area (Å²) in [6, 6.07) is 0.321. The fourth-order valence-corrected chi connectivity index (χ4v) is 2.35. The number of hydrogen-bond donors (Lipinski definition) is 1. The summed E-state index contributed by atoms with van der Waals surface area (Å²) in [5, 5.41) is 7.13. The van der Waals surface area contributed by atoms with E-state index in [0.29, 0.717) is 12.6 Å². The number of likely N-dealkylation sites (tertiary alicyclic amines) is 1. The summed E-state index contributed by atoms with van der Waals surface area (Å²) in [7, 11) is 3.60. The molecule has 2 heterocycles. The molecule has 0 aromatic carbocycles. The van der Waals surface area contributed by atoms with Crippen LogP contribution in [0.1, 0.15) is 30.1 Å². The van der Waals surface area contributed by atoms with E-state index in [9.17, 15) is 4.79 Å². The van der Waals surface area contributed by atoms with Crippen molar-refractivity contribution in [1.82, 2.24) is 20.0 Å². The highest BCUT2D eigenvalue weighted by molar-refractivity contribution is 5.77. The Morgan fingerprint density at radius 3 is 3.00 bits per heavy atom. The van der Waals surface area contributed by atoms with E-state index < -0.39 is 0 Å². The number of carbonyl (C=O) groups is 1. The number of likely N-dealkylation sites (N-methyl/N-ethyl adjacent to an activating group) is 1. The predicted molar refractivity (Wildman–Crippen MR) is 65.6 cm³/mol. The van der Waals surface area contributed by atoms with Crippen LogP contribution >= 0.6 is 0 Å². The van der Waals surface area contributed by atoms with E-state index in [0.717, 1.165) is 25.1 Å². The molecule has 1 amide bonds. The molecule has 0 radical (unpaired) electrons. The SMILES string of the molecule is Cc1cn[nH]c1[C@@H]1CCCN1CC(=O)N(C)C. The Labute approximate surface area is 102 Å². The number of aromatic amines is 1. The van der Waals surface area contributed by atoms with Crippen molar-refractivity contribution in [1.29, 1.82) is 0 Å². The van der Waals surface area contributed by atoms with Crippen molar-refractivity contribution in [2.24, 2.45) is 0 Å². The van der Waals surface area contributed by atoms with Gasteiger partial charge in [0, 0.05) is 14.1 Å². The maximum absolute atomic E-state index is 11.8. The van der Waals surface area contributed by atoms with Gasteiger partial charge in [0.15, 0.2) is 0 Å². The first-order valence-electron chi connectivity index (χ1n) is 6.03. The third kappa shape index (κ3) is 2.49. The van der Waals surface area contributed by atoms with Gasteiger partial charge < -0.3 is 4.90 Å². The molecule has 0 bridgehead atoms. The molecule has 94 valence electrons. The number of amides is 1. The van der Waals surface area contributed by atoms with Gasteiger partial charge in [0.1, 0.15) is 0 Å². The zero-order valence-electron chi connectivity index (χ0n) is 10.7. The number of nitrogens with zero attached hydrogens (tertiary/aromatic N) is 3. The molecule has 0 aliphatic carbocycles. The Balaban J connectivity index is 2.08. The summed E-state index contributed by atoms with van der Waals surface area (Å²) in [5.41, 5.74) is 2.34. The van der Waals surface area contributed by atoms with E-state index in [1.54, 1.807) is 19.0 Å². The van der Waals surface area contributed by atoms with Gasteiger partial charge in [-0.05, 0) is 31.9 Å². The van der Waals surface area contributed by atoms with E-state index >= 15 is 0 Å². The topological polar surface area (TPSA) is 52.2 Å². The van der Waals surface area contributed by atoms with Crippen molar-refractivity contribution < 1.29 is 4.79 Å². The molecular formula is C12H20N4O. The number of aryl methyl sites for hydroxylation is 1. The van der Waals surface area contributed by atoms with Gasteiger partial charge >= 0.3 is 0 Å². The molecular weight excluding hydrogens is 216 g/mol. The number of nitrogens with one attached hydrogen (secondary N) is 1. The Morgan fingerprint density at radius 2 is 2.41 bits per heavy atom.